The number of rotatable bonds is 1. The average molecular weight is 370 g/mol. The van der Waals surface area contributed by atoms with Crippen LogP contribution in [-0.4, -0.2) is 11.6 Å². The lowest BCUT2D eigenvalue weighted by Gasteiger charge is -2.51. The predicted octanol–water partition coefficient (Wildman–Crippen LogP) is 1.78. The Labute approximate surface area is 126 Å². The summed E-state index contributed by atoms with van der Waals surface area (Å²) in [5.41, 5.74) is -2.64. The molecule has 2 rings (SSSR count). The minimum atomic E-state index is -1.42. The Kier molecular flexibility index (Phi) is 2.87. The van der Waals surface area contributed by atoms with Crippen LogP contribution in [-0.2, 0) is 4.79 Å². The fourth-order valence-corrected chi connectivity index (χ4v) is 4.36. The maximum absolute atomic E-state index is 12.5. The minimum Gasteiger partial charge on any atom is -0.356 e. The van der Waals surface area contributed by atoms with Gasteiger partial charge in [-0.25, -0.2) is 0 Å². The minimum absolute atomic E-state index is 0.0756. The van der Waals surface area contributed by atoms with Crippen molar-refractivity contribution in [3.05, 3.63) is 9.28 Å². The van der Waals surface area contributed by atoms with E-state index in [1.165, 1.54) is 0 Å². The van der Waals surface area contributed by atoms with Crippen LogP contribution in [0.4, 0.5) is 0 Å². The molecule has 0 aromatic heterocycles. The zero-order valence-electron chi connectivity index (χ0n) is 11.3. The number of hydrogen-bond acceptors (Lipinski definition) is 4. The van der Waals surface area contributed by atoms with Crippen LogP contribution in [0.25, 0.3) is 0 Å². The van der Waals surface area contributed by atoms with Crippen LogP contribution < -0.4 is 10.6 Å². The van der Waals surface area contributed by atoms with Crippen LogP contribution in [0.15, 0.2) is 9.28 Å². The van der Waals surface area contributed by atoms with E-state index in [9.17, 15) is 15.3 Å². The first-order valence-corrected chi connectivity index (χ1v) is 7.11. The van der Waals surface area contributed by atoms with Crippen molar-refractivity contribution in [1.82, 2.24) is 10.6 Å². The third-order valence-electron chi connectivity index (χ3n) is 4.62. The molecule has 0 aliphatic carbocycles. The number of halogens is 1. The number of nitrogens with one attached hydrogen (secondary N) is 2. The Morgan fingerprint density at radius 1 is 1.26 bits per heavy atom. The fraction of sp³-hybridized carbons (Fsp3) is 0.615. The molecule has 5 nitrogen and oxygen atoms in total. The molecule has 1 fully saturated rings. The van der Waals surface area contributed by atoms with Crippen LogP contribution in [0.5, 0.6) is 0 Å². The maximum atomic E-state index is 12.5. The zero-order chi connectivity index (χ0) is 14.6. The molecule has 6 heteroatoms. The first-order valence-electron chi connectivity index (χ1n) is 6.03. The molecule has 2 aliphatic rings. The summed E-state index contributed by atoms with van der Waals surface area (Å²) < 4.78 is 0.577. The van der Waals surface area contributed by atoms with Gasteiger partial charge in [-0.2, -0.15) is 10.5 Å². The van der Waals surface area contributed by atoms with E-state index in [-0.39, 0.29) is 17.4 Å². The lowest BCUT2D eigenvalue weighted by atomic mass is 9.56. The SMILES string of the molecule is CC(C)[C@@]12NC(=O)[C@@](C#N)(C(C#N)=C(I)N1)C2(C)C. The van der Waals surface area contributed by atoms with E-state index in [1.54, 1.807) is 0 Å². The second kappa shape index (κ2) is 3.86. The third kappa shape index (κ3) is 1.26. The molecule has 19 heavy (non-hydrogen) atoms. The van der Waals surface area contributed by atoms with Crippen molar-refractivity contribution >= 4 is 28.5 Å². The molecule has 2 N–H and O–H groups in total. The maximum Gasteiger partial charge on any atom is 0.248 e. The Hall–Kier alpha value is -1.28. The van der Waals surface area contributed by atoms with Crippen LogP contribution in [0, 0.1) is 39.4 Å². The van der Waals surface area contributed by atoms with Crippen molar-refractivity contribution in [3.8, 4) is 12.1 Å². The van der Waals surface area contributed by atoms with Gasteiger partial charge in [0.05, 0.1) is 21.4 Å². The second-order valence-corrected chi connectivity index (χ2v) is 6.91. The van der Waals surface area contributed by atoms with E-state index in [1.807, 2.05) is 56.4 Å². The van der Waals surface area contributed by atoms with Crippen molar-refractivity contribution in [2.24, 2.45) is 16.7 Å². The quantitative estimate of drug-likeness (QED) is 0.544. The van der Waals surface area contributed by atoms with E-state index in [0.717, 1.165) is 0 Å². The topological polar surface area (TPSA) is 88.7 Å². The van der Waals surface area contributed by atoms with Crippen molar-refractivity contribution < 1.29 is 4.79 Å². The molecule has 0 saturated carbocycles. The van der Waals surface area contributed by atoms with Crippen molar-refractivity contribution in [3.63, 3.8) is 0 Å². The first kappa shape index (κ1) is 14.1. The number of fused-ring (bicyclic) bond motifs is 2. The monoisotopic (exact) mass is 370 g/mol. The average Bonchev–Trinajstić information content (AvgIpc) is 2.43. The van der Waals surface area contributed by atoms with Gasteiger partial charge in [-0.3, -0.25) is 4.79 Å². The van der Waals surface area contributed by atoms with Gasteiger partial charge in [-0.15, -0.1) is 0 Å². The summed E-state index contributed by atoms with van der Waals surface area (Å²) in [4.78, 5) is 12.5. The molecule has 0 spiro atoms. The highest BCUT2D eigenvalue weighted by molar-refractivity contribution is 14.1. The molecular weight excluding hydrogens is 355 g/mol. The highest BCUT2D eigenvalue weighted by Gasteiger charge is 2.74. The van der Waals surface area contributed by atoms with Crippen LogP contribution in [0.2, 0.25) is 0 Å². The molecule has 2 bridgehead atoms. The summed E-state index contributed by atoms with van der Waals surface area (Å²) in [5, 5.41) is 25.2. The van der Waals surface area contributed by atoms with E-state index >= 15 is 0 Å². The van der Waals surface area contributed by atoms with Gasteiger partial charge in [0.25, 0.3) is 0 Å². The van der Waals surface area contributed by atoms with Gasteiger partial charge in [0.15, 0.2) is 5.41 Å². The normalized spacial score (nSPS) is 35.5. The lowest BCUT2D eigenvalue weighted by molar-refractivity contribution is -0.125. The summed E-state index contributed by atoms with van der Waals surface area (Å²) in [7, 11) is 0. The van der Waals surface area contributed by atoms with E-state index in [0.29, 0.717) is 3.70 Å². The van der Waals surface area contributed by atoms with Gasteiger partial charge in [0, 0.05) is 5.41 Å². The highest BCUT2D eigenvalue weighted by Crippen LogP contribution is 2.60. The molecule has 2 aliphatic heterocycles. The smallest absolute Gasteiger partial charge is 0.248 e. The molecule has 1 amide bonds. The molecule has 0 aromatic rings. The van der Waals surface area contributed by atoms with Crippen molar-refractivity contribution in [2.75, 3.05) is 0 Å². The number of nitriles is 2. The molecule has 2 atom stereocenters. The zero-order valence-corrected chi connectivity index (χ0v) is 13.4. The van der Waals surface area contributed by atoms with Gasteiger partial charge >= 0.3 is 0 Å². The van der Waals surface area contributed by atoms with Crippen LogP contribution in [0.3, 0.4) is 0 Å². The Balaban J connectivity index is 2.88. The molecular formula is C13H15IN4O. The molecule has 1 saturated heterocycles. The number of hydrogen-bond donors (Lipinski definition) is 2. The van der Waals surface area contributed by atoms with Gasteiger partial charge < -0.3 is 10.6 Å². The van der Waals surface area contributed by atoms with Crippen LogP contribution in [0.1, 0.15) is 27.7 Å². The third-order valence-corrected chi connectivity index (χ3v) is 5.43. The summed E-state index contributed by atoms with van der Waals surface area (Å²) in [6.45, 7) is 7.70. The number of amides is 1. The van der Waals surface area contributed by atoms with Gasteiger partial charge in [0.2, 0.25) is 5.91 Å². The second-order valence-electron chi connectivity index (χ2n) is 5.83. The predicted molar refractivity (Wildman–Crippen MR) is 77.3 cm³/mol. The summed E-state index contributed by atoms with van der Waals surface area (Å²) in [6, 6.07) is 4.16. The fourth-order valence-electron chi connectivity index (χ4n) is 3.41. The van der Waals surface area contributed by atoms with Crippen molar-refractivity contribution in [1.29, 1.82) is 10.5 Å². The van der Waals surface area contributed by atoms with E-state index in [2.05, 4.69) is 16.7 Å². The van der Waals surface area contributed by atoms with Crippen LogP contribution >= 0.6 is 22.6 Å². The van der Waals surface area contributed by atoms with Gasteiger partial charge in [0.1, 0.15) is 5.66 Å². The Morgan fingerprint density at radius 2 is 1.84 bits per heavy atom. The standard InChI is InChI=1S/C13H15IN4O/c1-7(2)13-11(3,4)12(6-16,10(19)18-13)8(5-15)9(14)17-13/h7,17H,1-4H3,(H,18,19)/t12-,13+/m1/s1. The molecule has 0 unspecified atom stereocenters. The molecule has 0 radical (unpaired) electrons. The molecule has 100 valence electrons. The molecule has 0 aromatic carbocycles. The summed E-state index contributed by atoms with van der Waals surface area (Å²) in [5.74, 6) is -0.309. The Morgan fingerprint density at radius 3 is 2.26 bits per heavy atom. The highest BCUT2D eigenvalue weighted by atomic mass is 127. The number of carbonyl (C=O) groups excluding carboxylic acids is 1. The number of carbonyl (C=O) groups is 1. The first-order chi connectivity index (χ1) is 8.71. The lowest BCUT2D eigenvalue weighted by Crippen LogP contribution is -2.67. The largest absolute Gasteiger partial charge is 0.356 e. The summed E-state index contributed by atoms with van der Waals surface area (Å²) >= 11 is 2.00. The Bertz CT molecular complexity index is 580. The van der Waals surface area contributed by atoms with Crippen molar-refractivity contribution in [2.45, 2.75) is 33.4 Å². The molecule has 2 heterocycles. The van der Waals surface area contributed by atoms with Gasteiger partial charge in [-0.05, 0) is 28.5 Å². The van der Waals surface area contributed by atoms with E-state index in [4.69, 9.17) is 0 Å². The van der Waals surface area contributed by atoms with E-state index < -0.39 is 16.5 Å². The van der Waals surface area contributed by atoms with Gasteiger partial charge in [-0.1, -0.05) is 27.7 Å². The number of nitrogens with zero attached hydrogens (tertiary/aromatic N) is 2. The summed E-state index contributed by atoms with van der Waals surface area (Å²) in [6.07, 6.45) is 0.